The first-order valence-corrected chi connectivity index (χ1v) is 12.1. The lowest BCUT2D eigenvalue weighted by atomic mass is 10.2. The van der Waals surface area contributed by atoms with Gasteiger partial charge in [-0.05, 0) is 72.6 Å². The number of aryl methyl sites for hydroxylation is 1. The molecule has 0 fully saturated rings. The summed E-state index contributed by atoms with van der Waals surface area (Å²) >= 11 is 6.04. The smallest absolute Gasteiger partial charge is 0.264 e. The average Bonchev–Trinajstić information content (AvgIpc) is 2.83. The molecule has 0 bridgehead atoms. The Balaban J connectivity index is 1.77. The summed E-state index contributed by atoms with van der Waals surface area (Å²) in [4.78, 5) is 12.7. The normalized spacial score (nSPS) is 11.2. The largest absolute Gasteiger partial charge is 0.490 e. The number of halogens is 1. The molecule has 3 aromatic carbocycles. The number of rotatable bonds is 10. The number of nitrogens with one attached hydrogen (secondary N) is 1. The fourth-order valence-electron chi connectivity index (χ4n) is 3.07. The Morgan fingerprint density at radius 1 is 1.12 bits per heavy atom. The van der Waals surface area contributed by atoms with E-state index in [2.05, 4.69) is 17.1 Å². The third-order valence-electron chi connectivity index (χ3n) is 4.70. The summed E-state index contributed by atoms with van der Waals surface area (Å²) in [5.41, 5.74) is 4.08. The maximum absolute atomic E-state index is 13.4. The highest BCUT2D eigenvalue weighted by molar-refractivity contribution is 7.92. The number of ether oxygens (including phenoxy) is 1. The van der Waals surface area contributed by atoms with Crippen LogP contribution in [0.25, 0.3) is 0 Å². The molecule has 0 unspecified atom stereocenters. The van der Waals surface area contributed by atoms with E-state index in [4.69, 9.17) is 16.3 Å². The number of carbonyl (C=O) groups is 1. The zero-order valence-electron chi connectivity index (χ0n) is 18.5. The fourth-order valence-corrected chi connectivity index (χ4v) is 4.80. The first kappa shape index (κ1) is 25.0. The van der Waals surface area contributed by atoms with Gasteiger partial charge in [-0.3, -0.25) is 9.10 Å². The molecule has 3 aromatic rings. The van der Waals surface area contributed by atoms with Crippen LogP contribution in [0.5, 0.6) is 5.75 Å². The Labute approximate surface area is 204 Å². The van der Waals surface area contributed by atoms with E-state index >= 15 is 0 Å². The molecule has 3 rings (SSSR count). The number of hydrogen-bond donors (Lipinski definition) is 1. The second kappa shape index (κ2) is 11.5. The van der Waals surface area contributed by atoms with Crippen molar-refractivity contribution in [2.75, 3.05) is 17.5 Å². The lowest BCUT2D eigenvalue weighted by Gasteiger charge is -2.25. The van der Waals surface area contributed by atoms with E-state index in [0.29, 0.717) is 28.6 Å². The Hall–Kier alpha value is -3.62. The molecule has 0 heterocycles. The summed E-state index contributed by atoms with van der Waals surface area (Å²) in [5.74, 6) is 0.0808. The molecule has 0 aliphatic rings. The van der Waals surface area contributed by atoms with Gasteiger partial charge in [0.15, 0.2) is 0 Å². The second-order valence-electron chi connectivity index (χ2n) is 7.22. The quantitative estimate of drug-likeness (QED) is 0.253. The van der Waals surface area contributed by atoms with E-state index in [0.717, 1.165) is 9.87 Å². The summed E-state index contributed by atoms with van der Waals surface area (Å²) < 4.78 is 33.2. The summed E-state index contributed by atoms with van der Waals surface area (Å²) in [6.45, 7) is 5.26. The van der Waals surface area contributed by atoms with E-state index in [9.17, 15) is 13.2 Å². The van der Waals surface area contributed by atoms with Gasteiger partial charge in [0.2, 0.25) is 0 Å². The minimum absolute atomic E-state index is 0.0689. The van der Waals surface area contributed by atoms with Crippen molar-refractivity contribution in [3.63, 3.8) is 0 Å². The number of benzene rings is 3. The Kier molecular flexibility index (Phi) is 8.45. The number of hydrazone groups is 1. The standard InChI is InChI=1S/C25H24ClN3O4S/c1-3-15-33-22-12-9-20(10-13-22)17-27-28-25(30)18-29(24-14-11-21(26)16-19(24)2)34(31,32)23-7-5-4-6-8-23/h3-14,16-17H,1,15,18H2,2H3,(H,28,30)/b27-17-. The van der Waals surface area contributed by atoms with Gasteiger partial charge in [0, 0.05) is 5.02 Å². The zero-order valence-corrected chi connectivity index (χ0v) is 20.1. The minimum Gasteiger partial charge on any atom is -0.490 e. The van der Waals surface area contributed by atoms with Crippen molar-refractivity contribution >= 4 is 39.4 Å². The zero-order chi connectivity index (χ0) is 24.6. The number of hydrogen-bond acceptors (Lipinski definition) is 5. The van der Waals surface area contributed by atoms with Gasteiger partial charge in [-0.25, -0.2) is 13.8 Å². The molecule has 1 amide bonds. The third-order valence-corrected chi connectivity index (χ3v) is 6.71. The summed E-state index contributed by atoms with van der Waals surface area (Å²) in [6.07, 6.45) is 3.11. The minimum atomic E-state index is -4.02. The summed E-state index contributed by atoms with van der Waals surface area (Å²) in [5, 5.41) is 4.41. The molecule has 9 heteroatoms. The molecule has 0 atom stereocenters. The second-order valence-corrected chi connectivity index (χ2v) is 9.52. The first-order valence-electron chi connectivity index (χ1n) is 10.3. The van der Waals surface area contributed by atoms with Crippen LogP contribution in [0.2, 0.25) is 5.02 Å². The number of nitrogens with zero attached hydrogens (tertiary/aromatic N) is 2. The fraction of sp³-hybridized carbons (Fsp3) is 0.120. The van der Waals surface area contributed by atoms with Crippen LogP contribution in [-0.2, 0) is 14.8 Å². The van der Waals surface area contributed by atoms with Crippen molar-refractivity contribution in [2.45, 2.75) is 11.8 Å². The van der Waals surface area contributed by atoms with E-state index < -0.39 is 22.5 Å². The molecule has 0 aliphatic carbocycles. The highest BCUT2D eigenvalue weighted by atomic mass is 35.5. The third kappa shape index (κ3) is 6.46. The van der Waals surface area contributed by atoms with Crippen molar-refractivity contribution in [1.29, 1.82) is 0 Å². The predicted molar refractivity (Wildman–Crippen MR) is 135 cm³/mol. The molecule has 0 aliphatic heterocycles. The maximum atomic E-state index is 13.4. The summed E-state index contributed by atoms with van der Waals surface area (Å²) in [7, 11) is -4.02. The van der Waals surface area contributed by atoms with Gasteiger partial charge >= 0.3 is 0 Å². The van der Waals surface area contributed by atoms with Gasteiger partial charge in [0.05, 0.1) is 16.8 Å². The molecule has 0 aromatic heterocycles. The number of sulfonamides is 1. The predicted octanol–water partition coefficient (Wildman–Crippen LogP) is 4.56. The Morgan fingerprint density at radius 2 is 1.82 bits per heavy atom. The van der Waals surface area contributed by atoms with Crippen LogP contribution in [0, 0.1) is 6.92 Å². The van der Waals surface area contributed by atoms with Gasteiger partial charge in [-0.2, -0.15) is 5.10 Å². The molecule has 0 saturated heterocycles. The molecule has 34 heavy (non-hydrogen) atoms. The molecular formula is C25H24ClN3O4S. The molecule has 1 N–H and O–H groups in total. The van der Waals surface area contributed by atoms with Crippen LogP contribution in [0.3, 0.4) is 0 Å². The van der Waals surface area contributed by atoms with Crippen LogP contribution in [0.4, 0.5) is 5.69 Å². The van der Waals surface area contributed by atoms with E-state index in [-0.39, 0.29) is 4.90 Å². The topological polar surface area (TPSA) is 88.1 Å². The van der Waals surface area contributed by atoms with Crippen LogP contribution in [0.15, 0.2) is 95.4 Å². The average molecular weight is 498 g/mol. The maximum Gasteiger partial charge on any atom is 0.264 e. The SMILES string of the molecule is C=CCOc1ccc(/C=N\NC(=O)CN(c2ccc(Cl)cc2C)S(=O)(=O)c2ccccc2)cc1. The van der Waals surface area contributed by atoms with Gasteiger partial charge in [0.25, 0.3) is 15.9 Å². The lowest BCUT2D eigenvalue weighted by Crippen LogP contribution is -2.40. The molecule has 7 nitrogen and oxygen atoms in total. The van der Waals surface area contributed by atoms with E-state index in [1.165, 1.54) is 18.3 Å². The van der Waals surface area contributed by atoms with E-state index in [1.807, 2.05) is 0 Å². The van der Waals surface area contributed by atoms with Gasteiger partial charge < -0.3 is 4.74 Å². The Morgan fingerprint density at radius 3 is 2.47 bits per heavy atom. The van der Waals surface area contributed by atoms with Crippen LogP contribution in [0.1, 0.15) is 11.1 Å². The Bertz CT molecular complexity index is 1280. The van der Waals surface area contributed by atoms with Crippen molar-refractivity contribution in [3.05, 3.63) is 102 Å². The number of amides is 1. The highest BCUT2D eigenvalue weighted by Gasteiger charge is 2.28. The summed E-state index contributed by atoms with van der Waals surface area (Å²) in [6, 6.07) is 19.8. The van der Waals surface area contributed by atoms with Crippen molar-refractivity contribution in [3.8, 4) is 5.75 Å². The monoisotopic (exact) mass is 497 g/mol. The highest BCUT2D eigenvalue weighted by Crippen LogP contribution is 2.28. The van der Waals surface area contributed by atoms with Crippen molar-refractivity contribution in [1.82, 2.24) is 5.43 Å². The van der Waals surface area contributed by atoms with Crippen LogP contribution in [-0.4, -0.2) is 33.7 Å². The molecule has 176 valence electrons. The van der Waals surface area contributed by atoms with Gasteiger partial charge in [0.1, 0.15) is 18.9 Å². The van der Waals surface area contributed by atoms with Crippen LogP contribution >= 0.6 is 11.6 Å². The lowest BCUT2D eigenvalue weighted by molar-refractivity contribution is -0.119. The number of anilines is 1. The van der Waals surface area contributed by atoms with Crippen molar-refractivity contribution < 1.29 is 17.9 Å². The first-order chi connectivity index (χ1) is 16.3. The molecule has 0 radical (unpaired) electrons. The van der Waals surface area contributed by atoms with Crippen molar-refractivity contribution in [2.24, 2.45) is 5.10 Å². The van der Waals surface area contributed by atoms with Crippen LogP contribution < -0.4 is 14.5 Å². The molecular weight excluding hydrogens is 474 g/mol. The number of carbonyl (C=O) groups excluding carboxylic acids is 1. The molecule has 0 spiro atoms. The molecule has 0 saturated carbocycles. The van der Waals surface area contributed by atoms with Gasteiger partial charge in [-0.15, -0.1) is 0 Å². The van der Waals surface area contributed by atoms with E-state index in [1.54, 1.807) is 73.7 Å². The van der Waals surface area contributed by atoms with Gasteiger partial charge in [-0.1, -0.05) is 42.5 Å².